The molecule has 0 atom stereocenters. The Morgan fingerprint density at radius 3 is 2.12 bits per heavy atom. The van der Waals surface area contributed by atoms with Crippen LogP contribution in [0.5, 0.6) is 0 Å². The Kier molecular flexibility index (Phi) is 8.19. The van der Waals surface area contributed by atoms with Gasteiger partial charge in [0.2, 0.25) is 5.96 Å². The first-order valence-electron chi connectivity index (χ1n) is 6.11. The van der Waals surface area contributed by atoms with Crippen LogP contribution in [0.1, 0.15) is 39.0 Å². The van der Waals surface area contributed by atoms with Crippen LogP contribution in [0.4, 0.5) is 0 Å². The second-order valence-corrected chi connectivity index (χ2v) is 4.45. The van der Waals surface area contributed by atoms with Crippen LogP contribution in [0.2, 0.25) is 0 Å². The van der Waals surface area contributed by atoms with Crippen molar-refractivity contribution in [2.24, 2.45) is 5.16 Å². The molecule has 0 bridgehead atoms. The summed E-state index contributed by atoms with van der Waals surface area (Å²) >= 11 is 0. The molecule has 0 heterocycles. The topological polar surface area (TPSA) is 45.1 Å². The Balaban J connectivity index is 3.98. The molecule has 0 fully saturated rings. The number of carbonyl (C=O) groups is 1. The molecule has 0 N–H and O–H groups in total. The minimum atomic E-state index is -0.262. The lowest BCUT2D eigenvalue weighted by atomic mass is 10.2. The van der Waals surface area contributed by atoms with Gasteiger partial charge in [0.1, 0.15) is 0 Å². The molecule has 0 saturated heterocycles. The molecule has 5 heteroatoms. The molecular formula is C12H25N3O2. The third-order valence-electron chi connectivity index (χ3n) is 2.26. The molecule has 0 aromatic carbocycles. The maximum atomic E-state index is 11.4. The highest BCUT2D eigenvalue weighted by Gasteiger charge is 2.07. The normalized spacial score (nSPS) is 9.71. The molecule has 17 heavy (non-hydrogen) atoms. The van der Waals surface area contributed by atoms with Gasteiger partial charge in [-0.2, -0.15) is 0 Å². The van der Waals surface area contributed by atoms with Gasteiger partial charge in [0.25, 0.3) is 0 Å². The Bertz CT molecular complexity index is 240. The van der Waals surface area contributed by atoms with E-state index in [2.05, 4.69) is 12.1 Å². The van der Waals surface area contributed by atoms with Gasteiger partial charge in [-0.05, 0) is 11.6 Å². The third kappa shape index (κ3) is 7.60. The highest BCUT2D eigenvalue weighted by atomic mass is 16.7. The lowest BCUT2D eigenvalue weighted by molar-refractivity contribution is -0.144. The van der Waals surface area contributed by atoms with Gasteiger partial charge >= 0.3 is 5.97 Å². The van der Waals surface area contributed by atoms with Crippen LogP contribution in [0.3, 0.4) is 0 Å². The number of oxime groups is 1. The molecule has 0 aliphatic carbocycles. The zero-order chi connectivity index (χ0) is 13.3. The van der Waals surface area contributed by atoms with Crippen LogP contribution in [0.25, 0.3) is 0 Å². The molecule has 0 spiro atoms. The SMILES string of the molecule is CCCCCCC(=O)ON=C(N(C)C)N(C)C. The maximum absolute atomic E-state index is 11.4. The predicted molar refractivity (Wildman–Crippen MR) is 69.7 cm³/mol. The number of nitrogens with zero attached hydrogens (tertiary/aromatic N) is 3. The summed E-state index contributed by atoms with van der Waals surface area (Å²) in [6, 6.07) is 0. The Hall–Kier alpha value is -1.26. The van der Waals surface area contributed by atoms with E-state index in [0.717, 1.165) is 19.3 Å². The number of hydrogen-bond acceptors (Lipinski definition) is 3. The molecule has 0 aromatic heterocycles. The number of unbranched alkanes of at least 4 members (excludes halogenated alkanes) is 3. The third-order valence-corrected chi connectivity index (χ3v) is 2.26. The lowest BCUT2D eigenvalue weighted by Crippen LogP contribution is -2.35. The van der Waals surface area contributed by atoms with E-state index in [1.165, 1.54) is 6.42 Å². The fraction of sp³-hybridized carbons (Fsp3) is 0.833. The molecule has 0 amide bonds. The summed E-state index contributed by atoms with van der Waals surface area (Å²) in [6.07, 6.45) is 4.72. The van der Waals surface area contributed by atoms with Crippen molar-refractivity contribution in [2.75, 3.05) is 28.2 Å². The highest BCUT2D eigenvalue weighted by molar-refractivity contribution is 5.79. The molecule has 0 aliphatic heterocycles. The summed E-state index contributed by atoms with van der Waals surface area (Å²) in [5.41, 5.74) is 0. The van der Waals surface area contributed by atoms with Crippen molar-refractivity contribution in [1.82, 2.24) is 9.80 Å². The van der Waals surface area contributed by atoms with E-state index in [0.29, 0.717) is 12.4 Å². The molecular weight excluding hydrogens is 218 g/mol. The number of guanidine groups is 1. The van der Waals surface area contributed by atoms with Crippen molar-refractivity contribution in [3.8, 4) is 0 Å². The van der Waals surface area contributed by atoms with E-state index in [9.17, 15) is 4.79 Å². The molecule has 5 nitrogen and oxygen atoms in total. The van der Waals surface area contributed by atoms with Crippen molar-refractivity contribution in [2.45, 2.75) is 39.0 Å². The zero-order valence-electron chi connectivity index (χ0n) is 11.7. The summed E-state index contributed by atoms with van der Waals surface area (Å²) in [6.45, 7) is 2.14. The summed E-state index contributed by atoms with van der Waals surface area (Å²) in [7, 11) is 7.42. The van der Waals surface area contributed by atoms with Crippen LogP contribution >= 0.6 is 0 Å². The van der Waals surface area contributed by atoms with Crippen molar-refractivity contribution in [1.29, 1.82) is 0 Å². The van der Waals surface area contributed by atoms with Gasteiger partial charge in [-0.1, -0.05) is 26.2 Å². The average Bonchev–Trinajstić information content (AvgIpc) is 2.23. The molecule has 0 unspecified atom stereocenters. The molecule has 0 radical (unpaired) electrons. The Labute approximate surface area is 104 Å². The molecule has 0 rings (SSSR count). The maximum Gasteiger partial charge on any atom is 0.335 e. The first-order valence-corrected chi connectivity index (χ1v) is 6.11. The minimum Gasteiger partial charge on any atom is -0.346 e. The number of rotatable bonds is 6. The van der Waals surface area contributed by atoms with Gasteiger partial charge in [-0.15, -0.1) is 0 Å². The molecule has 0 aromatic rings. The van der Waals surface area contributed by atoms with Gasteiger partial charge in [0.15, 0.2) is 0 Å². The van der Waals surface area contributed by atoms with E-state index >= 15 is 0 Å². The fourth-order valence-electron chi connectivity index (χ4n) is 1.40. The van der Waals surface area contributed by atoms with Gasteiger partial charge in [0.05, 0.1) is 0 Å². The summed E-state index contributed by atoms with van der Waals surface area (Å²) < 4.78 is 0. The van der Waals surface area contributed by atoms with Gasteiger partial charge in [0, 0.05) is 34.6 Å². The smallest absolute Gasteiger partial charge is 0.335 e. The van der Waals surface area contributed by atoms with Crippen LogP contribution in [0, 0.1) is 0 Å². The van der Waals surface area contributed by atoms with Gasteiger partial charge < -0.3 is 14.6 Å². The molecule has 0 saturated carbocycles. The number of carbonyl (C=O) groups excluding carboxylic acids is 1. The van der Waals surface area contributed by atoms with E-state index in [1.807, 2.05) is 28.2 Å². The second-order valence-electron chi connectivity index (χ2n) is 4.45. The highest BCUT2D eigenvalue weighted by Crippen LogP contribution is 2.03. The summed E-state index contributed by atoms with van der Waals surface area (Å²) in [5, 5.41) is 3.84. The first kappa shape index (κ1) is 15.7. The largest absolute Gasteiger partial charge is 0.346 e. The van der Waals surface area contributed by atoms with E-state index in [4.69, 9.17) is 4.84 Å². The van der Waals surface area contributed by atoms with E-state index in [1.54, 1.807) is 9.80 Å². The van der Waals surface area contributed by atoms with Crippen LogP contribution in [-0.2, 0) is 9.63 Å². The molecule has 100 valence electrons. The standard InChI is InChI=1S/C12H25N3O2/c1-6-7-8-9-10-11(16)17-13-12(14(2)3)15(4)5/h6-10H2,1-5H3. The van der Waals surface area contributed by atoms with Crippen molar-refractivity contribution < 1.29 is 9.63 Å². The Morgan fingerprint density at radius 2 is 1.65 bits per heavy atom. The minimum absolute atomic E-state index is 0.262. The van der Waals surface area contributed by atoms with Gasteiger partial charge in [-0.3, -0.25) is 0 Å². The monoisotopic (exact) mass is 243 g/mol. The zero-order valence-corrected chi connectivity index (χ0v) is 11.7. The van der Waals surface area contributed by atoms with Crippen LogP contribution in [0.15, 0.2) is 5.16 Å². The predicted octanol–water partition coefficient (Wildman–Crippen LogP) is 1.89. The first-order chi connectivity index (χ1) is 7.99. The average molecular weight is 243 g/mol. The van der Waals surface area contributed by atoms with Crippen molar-refractivity contribution in [3.05, 3.63) is 0 Å². The molecule has 0 aliphatic rings. The quantitative estimate of drug-likeness (QED) is 0.235. The fourth-order valence-corrected chi connectivity index (χ4v) is 1.40. The van der Waals surface area contributed by atoms with Crippen LogP contribution in [-0.4, -0.2) is 49.9 Å². The second kappa shape index (κ2) is 8.84. The Morgan fingerprint density at radius 1 is 1.06 bits per heavy atom. The summed E-state index contributed by atoms with van der Waals surface area (Å²) in [4.78, 5) is 19.9. The van der Waals surface area contributed by atoms with Gasteiger partial charge in [-0.25, -0.2) is 4.79 Å². The summed E-state index contributed by atoms with van der Waals surface area (Å²) in [5.74, 6) is 0.356. The van der Waals surface area contributed by atoms with Crippen LogP contribution < -0.4 is 0 Å². The van der Waals surface area contributed by atoms with Crippen molar-refractivity contribution in [3.63, 3.8) is 0 Å². The van der Waals surface area contributed by atoms with E-state index in [-0.39, 0.29) is 5.97 Å². The van der Waals surface area contributed by atoms with E-state index < -0.39 is 0 Å². The number of hydrogen-bond donors (Lipinski definition) is 0. The lowest BCUT2D eigenvalue weighted by Gasteiger charge is -2.21. The van der Waals surface area contributed by atoms with Crippen molar-refractivity contribution >= 4 is 11.9 Å².